The lowest BCUT2D eigenvalue weighted by Gasteiger charge is -2.17. The van der Waals surface area contributed by atoms with Crippen LogP contribution >= 0.6 is 0 Å². The van der Waals surface area contributed by atoms with E-state index in [1.807, 2.05) is 12.1 Å². The van der Waals surface area contributed by atoms with E-state index in [9.17, 15) is 5.11 Å². The lowest BCUT2D eigenvalue weighted by atomic mass is 9.98. The van der Waals surface area contributed by atoms with E-state index < -0.39 is 0 Å². The summed E-state index contributed by atoms with van der Waals surface area (Å²) in [6.45, 7) is 6.19. The van der Waals surface area contributed by atoms with Gasteiger partial charge >= 0.3 is 0 Å². The van der Waals surface area contributed by atoms with Gasteiger partial charge in [0.2, 0.25) is 0 Å². The van der Waals surface area contributed by atoms with E-state index >= 15 is 0 Å². The average molecular weight is 334 g/mol. The fourth-order valence-corrected chi connectivity index (χ4v) is 3.21. The van der Waals surface area contributed by atoms with Gasteiger partial charge in [-0.25, -0.2) is 0 Å². The van der Waals surface area contributed by atoms with Crippen molar-refractivity contribution in [3.05, 3.63) is 83.1 Å². The standard InChI is InChI=1S/C23H26O2/c1-17-7-6-8-18(2)25-23-16-20(15-22(24)21(23)14-11-17)13-12-19-9-4-3-5-10-19/h3-5,9-11,15-16,24H,2,6-8,12-14H2,1H3/b17-11-. The highest BCUT2D eigenvalue weighted by molar-refractivity contribution is 5.49. The van der Waals surface area contributed by atoms with Crippen LogP contribution in [0.3, 0.4) is 0 Å². The van der Waals surface area contributed by atoms with E-state index in [0.29, 0.717) is 12.2 Å². The quantitative estimate of drug-likeness (QED) is 0.725. The van der Waals surface area contributed by atoms with Crippen LogP contribution in [0.1, 0.15) is 42.9 Å². The predicted octanol–water partition coefficient (Wildman–Crippen LogP) is 5.74. The van der Waals surface area contributed by atoms with Gasteiger partial charge in [0.25, 0.3) is 0 Å². The van der Waals surface area contributed by atoms with Crippen LogP contribution in [0.15, 0.2) is 66.5 Å². The number of hydrogen-bond donors (Lipinski definition) is 1. The van der Waals surface area contributed by atoms with Gasteiger partial charge in [-0.2, -0.15) is 0 Å². The summed E-state index contributed by atoms with van der Waals surface area (Å²) in [5.41, 5.74) is 4.59. The van der Waals surface area contributed by atoms with Crippen molar-refractivity contribution in [3.63, 3.8) is 0 Å². The number of ether oxygens (including phenoxy) is 1. The minimum Gasteiger partial charge on any atom is -0.508 e. The Kier molecular flexibility index (Phi) is 5.60. The van der Waals surface area contributed by atoms with Crippen LogP contribution in [-0.4, -0.2) is 5.11 Å². The fraction of sp³-hybridized carbons (Fsp3) is 0.304. The third-order valence-electron chi connectivity index (χ3n) is 4.73. The fourth-order valence-electron chi connectivity index (χ4n) is 3.21. The van der Waals surface area contributed by atoms with E-state index in [2.05, 4.69) is 49.9 Å². The molecule has 2 heteroatoms. The molecule has 1 aliphatic heterocycles. The zero-order chi connectivity index (χ0) is 17.6. The summed E-state index contributed by atoms with van der Waals surface area (Å²) >= 11 is 0. The first-order valence-corrected chi connectivity index (χ1v) is 9.02. The number of phenols is 1. The van der Waals surface area contributed by atoms with E-state index in [0.717, 1.165) is 54.7 Å². The second-order valence-corrected chi connectivity index (χ2v) is 6.83. The van der Waals surface area contributed by atoms with Gasteiger partial charge < -0.3 is 9.84 Å². The van der Waals surface area contributed by atoms with Crippen LogP contribution in [0.4, 0.5) is 0 Å². The van der Waals surface area contributed by atoms with Crippen molar-refractivity contribution >= 4 is 0 Å². The first-order valence-electron chi connectivity index (χ1n) is 9.02. The molecule has 2 aromatic carbocycles. The van der Waals surface area contributed by atoms with Crippen molar-refractivity contribution in [2.24, 2.45) is 0 Å². The maximum Gasteiger partial charge on any atom is 0.134 e. The lowest BCUT2D eigenvalue weighted by Crippen LogP contribution is -2.02. The Morgan fingerprint density at radius 1 is 1.04 bits per heavy atom. The van der Waals surface area contributed by atoms with Crippen molar-refractivity contribution < 1.29 is 9.84 Å². The highest BCUT2D eigenvalue weighted by Crippen LogP contribution is 2.34. The molecule has 0 radical (unpaired) electrons. The molecule has 130 valence electrons. The summed E-state index contributed by atoms with van der Waals surface area (Å²) < 4.78 is 6.00. The molecule has 0 unspecified atom stereocenters. The van der Waals surface area contributed by atoms with Crippen LogP contribution in [0.5, 0.6) is 11.5 Å². The molecule has 0 aliphatic carbocycles. The molecule has 2 aromatic rings. The number of benzene rings is 2. The van der Waals surface area contributed by atoms with Crippen LogP contribution < -0.4 is 4.74 Å². The van der Waals surface area contributed by atoms with Gasteiger partial charge in [-0.15, -0.1) is 0 Å². The summed E-state index contributed by atoms with van der Waals surface area (Å²) in [5.74, 6) is 1.84. The van der Waals surface area contributed by atoms with Gasteiger partial charge in [-0.1, -0.05) is 48.6 Å². The lowest BCUT2D eigenvalue weighted by molar-refractivity contribution is 0.389. The normalized spacial score (nSPS) is 17.2. The molecule has 0 atom stereocenters. The topological polar surface area (TPSA) is 29.5 Å². The Morgan fingerprint density at radius 3 is 2.60 bits per heavy atom. The Labute approximate surface area is 150 Å². The number of aryl methyl sites for hydroxylation is 2. The highest BCUT2D eigenvalue weighted by atomic mass is 16.5. The molecular weight excluding hydrogens is 308 g/mol. The van der Waals surface area contributed by atoms with Crippen LogP contribution in [0.25, 0.3) is 0 Å². The van der Waals surface area contributed by atoms with Crippen LogP contribution in [0, 0.1) is 0 Å². The number of fused-ring (bicyclic) bond motifs is 1. The van der Waals surface area contributed by atoms with Crippen LogP contribution in [0.2, 0.25) is 0 Å². The van der Waals surface area contributed by atoms with Crippen molar-refractivity contribution in [1.82, 2.24) is 0 Å². The Hall–Kier alpha value is -2.48. The highest BCUT2D eigenvalue weighted by Gasteiger charge is 2.14. The third-order valence-corrected chi connectivity index (χ3v) is 4.73. The molecule has 0 saturated carbocycles. The van der Waals surface area contributed by atoms with E-state index in [1.165, 1.54) is 11.1 Å². The number of phenolic OH excluding ortho intramolecular Hbond substituents is 1. The molecule has 0 saturated heterocycles. The minimum atomic E-state index is 0.318. The van der Waals surface area contributed by atoms with Crippen molar-refractivity contribution in [1.29, 1.82) is 0 Å². The molecule has 3 rings (SSSR count). The van der Waals surface area contributed by atoms with Gasteiger partial charge in [-0.3, -0.25) is 0 Å². The number of allylic oxidation sites excluding steroid dienone is 3. The Balaban J connectivity index is 1.85. The molecule has 0 fully saturated rings. The number of rotatable bonds is 3. The van der Waals surface area contributed by atoms with Gasteiger partial charge in [-0.05, 0) is 62.3 Å². The SMILES string of the molecule is C=C1CCC/C(C)=C\Cc2c(O)cc(CCc3ccccc3)cc2O1. The summed E-state index contributed by atoms with van der Waals surface area (Å²) in [4.78, 5) is 0. The van der Waals surface area contributed by atoms with Gasteiger partial charge in [0, 0.05) is 12.0 Å². The molecule has 0 amide bonds. The second kappa shape index (κ2) is 8.06. The first kappa shape index (κ1) is 17.3. The summed E-state index contributed by atoms with van der Waals surface area (Å²) in [6.07, 6.45) is 7.65. The third kappa shape index (κ3) is 4.76. The monoisotopic (exact) mass is 334 g/mol. The predicted molar refractivity (Wildman–Crippen MR) is 103 cm³/mol. The molecular formula is C23H26O2. The Bertz CT molecular complexity index is 772. The summed E-state index contributed by atoms with van der Waals surface area (Å²) in [7, 11) is 0. The molecule has 1 N–H and O–H groups in total. The molecule has 1 heterocycles. The molecule has 0 spiro atoms. The summed E-state index contributed by atoms with van der Waals surface area (Å²) in [5, 5.41) is 10.5. The largest absolute Gasteiger partial charge is 0.508 e. The van der Waals surface area contributed by atoms with Crippen LogP contribution in [-0.2, 0) is 19.3 Å². The molecule has 1 aliphatic rings. The van der Waals surface area contributed by atoms with Gasteiger partial charge in [0.1, 0.15) is 11.5 Å². The Morgan fingerprint density at radius 2 is 1.80 bits per heavy atom. The van der Waals surface area contributed by atoms with E-state index in [-0.39, 0.29) is 0 Å². The second-order valence-electron chi connectivity index (χ2n) is 6.83. The smallest absolute Gasteiger partial charge is 0.134 e. The summed E-state index contributed by atoms with van der Waals surface area (Å²) in [6, 6.07) is 14.3. The van der Waals surface area contributed by atoms with Crippen molar-refractivity contribution in [2.75, 3.05) is 0 Å². The number of hydrogen-bond acceptors (Lipinski definition) is 2. The van der Waals surface area contributed by atoms with E-state index in [4.69, 9.17) is 4.74 Å². The van der Waals surface area contributed by atoms with Gasteiger partial charge in [0.15, 0.2) is 0 Å². The van der Waals surface area contributed by atoms with Gasteiger partial charge in [0.05, 0.1) is 5.76 Å². The zero-order valence-corrected chi connectivity index (χ0v) is 14.9. The number of aromatic hydroxyl groups is 1. The molecule has 0 aromatic heterocycles. The van der Waals surface area contributed by atoms with Crippen molar-refractivity contribution in [3.8, 4) is 11.5 Å². The first-order chi connectivity index (χ1) is 12.1. The minimum absolute atomic E-state index is 0.318. The molecule has 0 bridgehead atoms. The molecule has 25 heavy (non-hydrogen) atoms. The average Bonchev–Trinajstić information content (AvgIpc) is 2.60. The maximum atomic E-state index is 10.5. The maximum absolute atomic E-state index is 10.5. The zero-order valence-electron chi connectivity index (χ0n) is 14.9. The molecule has 2 nitrogen and oxygen atoms in total. The van der Waals surface area contributed by atoms with E-state index in [1.54, 1.807) is 0 Å². The van der Waals surface area contributed by atoms with Crippen molar-refractivity contribution in [2.45, 2.75) is 45.4 Å².